The number of hydrogen-bond acceptors (Lipinski definition) is 4. The number of allylic oxidation sites excluding steroid dienone is 1. The van der Waals surface area contributed by atoms with E-state index in [1.54, 1.807) is 0 Å². The molecule has 0 heterocycles. The van der Waals surface area contributed by atoms with Gasteiger partial charge in [-0.05, 0) is 6.08 Å². The molecule has 3 N–H and O–H groups in total. The number of rotatable bonds is 6. The van der Waals surface area contributed by atoms with Crippen molar-refractivity contribution in [2.24, 2.45) is 0 Å². The van der Waals surface area contributed by atoms with E-state index in [0.717, 1.165) is 0 Å². The average Bonchev–Trinajstić information content (AvgIpc) is 2.11. The summed E-state index contributed by atoms with van der Waals surface area (Å²) in [5, 5.41) is 17.0. The van der Waals surface area contributed by atoms with Gasteiger partial charge in [0.05, 0.1) is 12.8 Å². The van der Waals surface area contributed by atoms with Crippen molar-refractivity contribution in [2.45, 2.75) is 17.3 Å². The highest BCUT2D eigenvalue weighted by atomic mass is 32.2. The van der Waals surface area contributed by atoms with Crippen LogP contribution in [0.25, 0.3) is 0 Å². The third kappa shape index (κ3) is 2.97. The molecule has 0 aromatic carbocycles. The maximum Gasteiger partial charge on any atom is 0.331 e. The van der Waals surface area contributed by atoms with Crippen molar-refractivity contribution in [3.63, 3.8) is 0 Å². The van der Waals surface area contributed by atoms with Crippen LogP contribution in [0, 0.1) is 0 Å². The molecule has 0 radical (unpaired) electrons. The fourth-order valence-corrected chi connectivity index (χ4v) is 1.97. The van der Waals surface area contributed by atoms with Gasteiger partial charge in [0.25, 0.3) is 10.1 Å². The van der Waals surface area contributed by atoms with E-state index < -0.39 is 45.7 Å². The van der Waals surface area contributed by atoms with Gasteiger partial charge in [-0.15, -0.1) is 0 Å². The van der Waals surface area contributed by atoms with E-state index in [1.165, 1.54) is 0 Å². The first-order valence-corrected chi connectivity index (χ1v) is 5.36. The monoisotopic (exact) mass is 274 g/mol. The predicted molar refractivity (Wildman–Crippen MR) is 49.3 cm³/mol. The molecule has 2 unspecified atom stereocenters. The van der Waals surface area contributed by atoms with E-state index in [2.05, 4.69) is 0 Å². The minimum Gasteiger partial charge on any atom is -0.481 e. The van der Waals surface area contributed by atoms with Gasteiger partial charge < -0.3 is 10.2 Å². The summed E-state index contributed by atoms with van der Waals surface area (Å²) in [6, 6.07) is 0. The lowest BCUT2D eigenvalue weighted by Crippen LogP contribution is -2.54. The van der Waals surface area contributed by atoms with Crippen LogP contribution in [0.4, 0.5) is 8.78 Å². The van der Waals surface area contributed by atoms with E-state index in [4.69, 9.17) is 14.8 Å². The summed E-state index contributed by atoms with van der Waals surface area (Å²) in [5.41, 5.74) is 0. The Balaban J connectivity index is 5.92. The molecule has 7 nitrogen and oxygen atoms in total. The molecule has 98 valence electrons. The highest BCUT2D eigenvalue weighted by molar-refractivity contribution is 7.88. The largest absolute Gasteiger partial charge is 0.481 e. The topological polar surface area (TPSA) is 129 Å². The Hall–Kier alpha value is -1.55. The average molecular weight is 274 g/mol. The zero-order valence-electron chi connectivity index (χ0n) is 8.08. The number of carboxylic acids is 2. The molecule has 0 rings (SSSR count). The van der Waals surface area contributed by atoms with Crippen molar-refractivity contribution in [1.82, 2.24) is 0 Å². The fraction of sp³-hybridized carbons (Fsp3) is 0.429. The number of carboxylic acid groups (broad SMARTS) is 2. The Morgan fingerprint density at radius 1 is 1.35 bits per heavy atom. The number of carbonyl (C=O) groups is 2. The Morgan fingerprint density at radius 3 is 2.06 bits per heavy atom. The smallest absolute Gasteiger partial charge is 0.331 e. The lowest BCUT2D eigenvalue weighted by molar-refractivity contribution is -0.148. The Morgan fingerprint density at radius 2 is 1.82 bits per heavy atom. The normalized spacial score (nSPS) is 17.6. The van der Waals surface area contributed by atoms with Crippen molar-refractivity contribution < 1.29 is 41.6 Å². The number of hydrogen-bond donors (Lipinski definition) is 3. The summed E-state index contributed by atoms with van der Waals surface area (Å²) in [6.45, 7) is 0. The quantitative estimate of drug-likeness (QED) is 0.581. The number of halogens is 2. The molecule has 0 aliphatic carbocycles. The maximum absolute atomic E-state index is 13.3. The maximum atomic E-state index is 13.3. The van der Waals surface area contributed by atoms with Crippen LogP contribution < -0.4 is 0 Å². The van der Waals surface area contributed by atoms with Gasteiger partial charge in [0.1, 0.15) is 0 Å². The molecular formula is C7H8F2O7S. The minimum atomic E-state index is -5.62. The lowest BCUT2D eigenvalue weighted by atomic mass is 9.98. The molecule has 0 aliphatic rings. The third-order valence-corrected chi connectivity index (χ3v) is 3.39. The van der Waals surface area contributed by atoms with Crippen LogP contribution in [0.2, 0.25) is 0 Å². The molecule has 17 heavy (non-hydrogen) atoms. The molecule has 0 saturated carbocycles. The lowest BCUT2D eigenvalue weighted by Gasteiger charge is -2.25. The third-order valence-electron chi connectivity index (χ3n) is 1.92. The molecule has 10 heteroatoms. The van der Waals surface area contributed by atoms with Gasteiger partial charge in [-0.1, -0.05) is 0 Å². The van der Waals surface area contributed by atoms with Gasteiger partial charge in [-0.2, -0.15) is 8.42 Å². The molecule has 0 aromatic heterocycles. The van der Waals surface area contributed by atoms with Gasteiger partial charge in [0.15, 0.2) is 6.17 Å². The van der Waals surface area contributed by atoms with Crippen LogP contribution in [0.15, 0.2) is 12.4 Å². The Bertz CT molecular complexity index is 443. The van der Waals surface area contributed by atoms with Crippen LogP contribution >= 0.6 is 0 Å². The van der Waals surface area contributed by atoms with E-state index in [9.17, 15) is 26.8 Å². The molecule has 2 atom stereocenters. The molecule has 0 aromatic rings. The summed E-state index contributed by atoms with van der Waals surface area (Å²) in [6.07, 6.45) is -5.43. The summed E-state index contributed by atoms with van der Waals surface area (Å²) in [5.74, 6) is -4.42. The van der Waals surface area contributed by atoms with E-state index >= 15 is 0 Å². The van der Waals surface area contributed by atoms with Crippen LogP contribution in [0.3, 0.4) is 0 Å². The van der Waals surface area contributed by atoms with Gasteiger partial charge in [0, 0.05) is 0 Å². The molecule has 0 aliphatic heterocycles. The minimum absolute atomic E-state index is 0.120. The summed E-state index contributed by atoms with van der Waals surface area (Å²) in [7, 11) is -5.62. The van der Waals surface area contributed by atoms with Crippen LogP contribution in [0.1, 0.15) is 6.42 Å². The van der Waals surface area contributed by atoms with Crippen molar-refractivity contribution in [3.05, 3.63) is 12.4 Å². The summed E-state index contributed by atoms with van der Waals surface area (Å²) < 4.78 is 51.8. The van der Waals surface area contributed by atoms with Crippen molar-refractivity contribution >= 4 is 22.1 Å². The molecule has 0 fully saturated rings. The van der Waals surface area contributed by atoms with Crippen LogP contribution in [0.5, 0.6) is 0 Å². The first-order valence-electron chi connectivity index (χ1n) is 3.92. The van der Waals surface area contributed by atoms with Crippen LogP contribution in [-0.4, -0.2) is 46.0 Å². The summed E-state index contributed by atoms with van der Waals surface area (Å²) >= 11 is 0. The second-order valence-corrected chi connectivity index (χ2v) is 4.64. The molecule has 0 saturated heterocycles. The van der Waals surface area contributed by atoms with Crippen molar-refractivity contribution in [3.8, 4) is 0 Å². The SMILES string of the molecule is O=C(O)CC(C(=O)O)(C(F)C=CF)S(=O)(=O)O. The fourth-order valence-electron chi connectivity index (χ4n) is 1.08. The van der Waals surface area contributed by atoms with Gasteiger partial charge in [-0.3, -0.25) is 14.1 Å². The first kappa shape index (κ1) is 15.4. The summed E-state index contributed by atoms with van der Waals surface area (Å²) in [4.78, 5) is 21.1. The van der Waals surface area contributed by atoms with Gasteiger partial charge in [0.2, 0.25) is 4.75 Å². The van der Waals surface area contributed by atoms with E-state index in [-0.39, 0.29) is 6.08 Å². The Labute approximate surface area is 94.1 Å². The van der Waals surface area contributed by atoms with E-state index in [0.29, 0.717) is 0 Å². The zero-order chi connectivity index (χ0) is 13.9. The molecule has 0 spiro atoms. The molecule has 0 amide bonds. The number of alkyl halides is 1. The first-order chi connectivity index (χ1) is 7.59. The predicted octanol–water partition coefficient (Wildman–Crippen LogP) is -0.00640. The standard InChI is InChI=1S/C7H8F2O7S/c8-2-1-4(9)7(6(12)13,3-5(10)11)17(14,15)16/h1-2,4H,3H2,(H,10,11)(H,12,13)(H,14,15,16). The van der Waals surface area contributed by atoms with E-state index in [1.807, 2.05) is 0 Å². The highest BCUT2D eigenvalue weighted by Crippen LogP contribution is 2.29. The second-order valence-electron chi connectivity index (χ2n) is 2.96. The zero-order valence-corrected chi connectivity index (χ0v) is 8.89. The highest BCUT2D eigenvalue weighted by Gasteiger charge is 2.58. The van der Waals surface area contributed by atoms with Gasteiger partial charge in [-0.25, -0.2) is 8.78 Å². The Kier molecular flexibility index (Phi) is 4.71. The molecular weight excluding hydrogens is 266 g/mol. The molecule has 0 bridgehead atoms. The second kappa shape index (κ2) is 5.19. The van der Waals surface area contributed by atoms with Crippen LogP contribution in [-0.2, 0) is 19.7 Å². The van der Waals surface area contributed by atoms with Crippen molar-refractivity contribution in [2.75, 3.05) is 0 Å². The number of aliphatic carboxylic acids is 2. The van der Waals surface area contributed by atoms with Gasteiger partial charge >= 0.3 is 11.9 Å². The van der Waals surface area contributed by atoms with Crippen molar-refractivity contribution in [1.29, 1.82) is 0 Å².